The van der Waals surface area contributed by atoms with E-state index in [9.17, 15) is 14.0 Å². The first-order chi connectivity index (χ1) is 8.52. The van der Waals surface area contributed by atoms with Crippen LogP contribution in [0.4, 0.5) is 4.39 Å². The Labute approximate surface area is 102 Å². The lowest BCUT2D eigenvalue weighted by Gasteiger charge is -2.10. The summed E-state index contributed by atoms with van der Waals surface area (Å²) in [4.78, 5) is 25.5. The molecule has 5 heteroatoms. The van der Waals surface area contributed by atoms with Gasteiger partial charge in [0.2, 0.25) is 0 Å². The zero-order valence-corrected chi connectivity index (χ0v) is 10.0. The Bertz CT molecular complexity index is 676. The van der Waals surface area contributed by atoms with E-state index in [1.165, 1.54) is 25.1 Å². The summed E-state index contributed by atoms with van der Waals surface area (Å²) >= 11 is 0. The second kappa shape index (κ2) is 4.60. The third-order valence-electron chi connectivity index (χ3n) is 2.62. The van der Waals surface area contributed by atoms with Crippen LogP contribution in [0.5, 0.6) is 5.75 Å². The number of rotatable bonds is 2. The molecule has 94 valence electrons. The van der Waals surface area contributed by atoms with E-state index in [0.717, 1.165) is 0 Å². The van der Waals surface area contributed by atoms with Crippen LogP contribution in [0.3, 0.4) is 0 Å². The molecule has 0 spiro atoms. The number of ether oxygens (including phenoxy) is 1. The molecule has 1 aromatic heterocycles. The van der Waals surface area contributed by atoms with Gasteiger partial charge in [0.05, 0.1) is 11.1 Å². The predicted molar refractivity (Wildman–Crippen MR) is 65.2 cm³/mol. The van der Waals surface area contributed by atoms with Crippen molar-refractivity contribution in [2.45, 2.75) is 20.3 Å². The summed E-state index contributed by atoms with van der Waals surface area (Å²) in [6.07, 6.45) is 0.393. The normalized spacial score (nSPS) is 10.6. The van der Waals surface area contributed by atoms with Crippen molar-refractivity contribution in [1.82, 2.24) is 4.98 Å². The molecule has 0 amide bonds. The zero-order valence-electron chi connectivity index (χ0n) is 10.0. The Morgan fingerprint density at radius 3 is 2.78 bits per heavy atom. The Morgan fingerprint density at radius 1 is 1.44 bits per heavy atom. The average molecular weight is 249 g/mol. The number of carbonyl (C=O) groups excluding carboxylic acids is 1. The number of benzene rings is 1. The van der Waals surface area contributed by atoms with Crippen molar-refractivity contribution in [2.75, 3.05) is 0 Å². The van der Waals surface area contributed by atoms with E-state index in [1.54, 1.807) is 6.92 Å². The van der Waals surface area contributed by atoms with Crippen molar-refractivity contribution in [1.29, 1.82) is 0 Å². The third kappa shape index (κ3) is 2.11. The summed E-state index contributed by atoms with van der Waals surface area (Å²) < 4.78 is 18.3. The van der Waals surface area contributed by atoms with Crippen LogP contribution in [-0.2, 0) is 11.2 Å². The van der Waals surface area contributed by atoms with Crippen molar-refractivity contribution in [2.24, 2.45) is 0 Å². The maximum Gasteiger partial charge on any atom is 0.308 e. The van der Waals surface area contributed by atoms with Gasteiger partial charge >= 0.3 is 5.97 Å². The van der Waals surface area contributed by atoms with Gasteiger partial charge in [0, 0.05) is 12.3 Å². The minimum absolute atomic E-state index is 0.142. The maximum absolute atomic E-state index is 13.3. The van der Waals surface area contributed by atoms with Gasteiger partial charge in [-0.1, -0.05) is 6.92 Å². The molecule has 18 heavy (non-hydrogen) atoms. The van der Waals surface area contributed by atoms with Gasteiger partial charge in [0.15, 0.2) is 0 Å². The molecule has 0 saturated carbocycles. The number of aromatic nitrogens is 1. The standard InChI is InChI=1S/C13H12FNO3/c1-3-9-12(18-7(2)16)10-6-8(14)4-5-11(10)15-13(9)17/h4-6H,3H2,1-2H3,(H,15,17). The largest absolute Gasteiger partial charge is 0.425 e. The second-order valence-electron chi connectivity index (χ2n) is 3.90. The molecule has 0 unspecified atom stereocenters. The lowest BCUT2D eigenvalue weighted by Crippen LogP contribution is -2.16. The Kier molecular flexibility index (Phi) is 3.14. The lowest BCUT2D eigenvalue weighted by molar-refractivity contribution is -0.131. The number of carbonyl (C=O) groups is 1. The molecule has 1 heterocycles. The molecule has 0 saturated heterocycles. The number of hydrogen-bond acceptors (Lipinski definition) is 3. The topological polar surface area (TPSA) is 59.2 Å². The molecule has 0 atom stereocenters. The number of fused-ring (bicyclic) bond motifs is 1. The van der Waals surface area contributed by atoms with Gasteiger partial charge in [-0.25, -0.2) is 4.39 Å². The number of nitrogens with one attached hydrogen (secondary N) is 1. The van der Waals surface area contributed by atoms with E-state index in [-0.39, 0.29) is 11.3 Å². The summed E-state index contributed by atoms with van der Waals surface area (Å²) in [5.41, 5.74) is 0.450. The Balaban J connectivity index is 2.85. The minimum atomic E-state index is -0.541. The van der Waals surface area contributed by atoms with E-state index in [1.807, 2.05) is 0 Å². The maximum atomic E-state index is 13.3. The Hall–Kier alpha value is -2.17. The van der Waals surface area contributed by atoms with E-state index < -0.39 is 11.8 Å². The highest BCUT2D eigenvalue weighted by Crippen LogP contribution is 2.27. The van der Waals surface area contributed by atoms with Crippen LogP contribution in [0, 0.1) is 5.82 Å². The summed E-state index contributed by atoms with van der Waals surface area (Å²) in [5, 5.41) is 0.390. The highest BCUT2D eigenvalue weighted by molar-refractivity contribution is 5.88. The van der Waals surface area contributed by atoms with Gasteiger partial charge in [0.1, 0.15) is 11.6 Å². The molecule has 4 nitrogen and oxygen atoms in total. The highest BCUT2D eigenvalue weighted by atomic mass is 19.1. The molecule has 2 rings (SSSR count). The van der Waals surface area contributed by atoms with Gasteiger partial charge in [-0.15, -0.1) is 0 Å². The van der Waals surface area contributed by atoms with Crippen LogP contribution in [0.25, 0.3) is 10.9 Å². The minimum Gasteiger partial charge on any atom is -0.425 e. The molecular formula is C13H12FNO3. The van der Waals surface area contributed by atoms with Gasteiger partial charge in [0.25, 0.3) is 5.56 Å². The first-order valence-electron chi connectivity index (χ1n) is 5.55. The Morgan fingerprint density at radius 2 is 2.17 bits per heavy atom. The molecule has 0 radical (unpaired) electrons. The number of halogens is 1. The number of esters is 1. The van der Waals surface area contributed by atoms with Crippen LogP contribution in [-0.4, -0.2) is 11.0 Å². The summed E-state index contributed by atoms with van der Waals surface area (Å²) in [5.74, 6) is -0.853. The summed E-state index contributed by atoms with van der Waals surface area (Å²) in [6, 6.07) is 3.92. The zero-order chi connectivity index (χ0) is 13.3. The van der Waals surface area contributed by atoms with Gasteiger partial charge in [-0.05, 0) is 24.6 Å². The van der Waals surface area contributed by atoms with Crippen molar-refractivity contribution >= 4 is 16.9 Å². The molecule has 2 aromatic rings. The van der Waals surface area contributed by atoms with Gasteiger partial charge < -0.3 is 9.72 Å². The van der Waals surface area contributed by atoms with E-state index in [4.69, 9.17) is 4.74 Å². The summed E-state index contributed by atoms with van der Waals surface area (Å²) in [7, 11) is 0. The van der Waals surface area contributed by atoms with Crippen LogP contribution in [0.1, 0.15) is 19.4 Å². The molecule has 0 fully saturated rings. The first kappa shape index (κ1) is 12.3. The van der Waals surface area contributed by atoms with Crippen LogP contribution >= 0.6 is 0 Å². The average Bonchev–Trinajstić information content (AvgIpc) is 2.30. The van der Waals surface area contributed by atoms with Crippen molar-refractivity contribution in [3.05, 3.63) is 39.9 Å². The second-order valence-corrected chi connectivity index (χ2v) is 3.90. The SMILES string of the molecule is CCc1c(OC(C)=O)c2cc(F)ccc2[nH]c1=O. The molecule has 1 N–H and O–H groups in total. The van der Waals surface area contributed by atoms with Crippen LogP contribution in [0.15, 0.2) is 23.0 Å². The van der Waals surface area contributed by atoms with Crippen LogP contribution < -0.4 is 10.3 Å². The number of H-pyrrole nitrogens is 1. The van der Waals surface area contributed by atoms with Gasteiger partial charge in [-0.3, -0.25) is 9.59 Å². The fraction of sp³-hybridized carbons (Fsp3) is 0.231. The predicted octanol–water partition coefficient (Wildman–Crippen LogP) is 2.15. The quantitative estimate of drug-likeness (QED) is 0.830. The van der Waals surface area contributed by atoms with Crippen molar-refractivity contribution < 1.29 is 13.9 Å². The van der Waals surface area contributed by atoms with Crippen molar-refractivity contribution in [3.63, 3.8) is 0 Å². The molecule has 0 aliphatic rings. The number of hydrogen-bond donors (Lipinski definition) is 1. The van der Waals surface area contributed by atoms with Gasteiger partial charge in [-0.2, -0.15) is 0 Å². The highest BCUT2D eigenvalue weighted by Gasteiger charge is 2.14. The lowest BCUT2D eigenvalue weighted by atomic mass is 10.1. The molecule has 0 aliphatic heterocycles. The smallest absolute Gasteiger partial charge is 0.308 e. The molecule has 1 aromatic carbocycles. The number of aromatic amines is 1. The third-order valence-corrected chi connectivity index (χ3v) is 2.62. The number of pyridine rings is 1. The monoisotopic (exact) mass is 249 g/mol. The fourth-order valence-corrected chi connectivity index (χ4v) is 1.86. The van der Waals surface area contributed by atoms with Crippen LogP contribution in [0.2, 0.25) is 0 Å². The van der Waals surface area contributed by atoms with E-state index >= 15 is 0 Å². The first-order valence-corrected chi connectivity index (χ1v) is 5.55. The summed E-state index contributed by atoms with van der Waals surface area (Å²) in [6.45, 7) is 3.01. The molecule has 0 bridgehead atoms. The van der Waals surface area contributed by atoms with E-state index in [2.05, 4.69) is 4.98 Å². The van der Waals surface area contributed by atoms with Crippen molar-refractivity contribution in [3.8, 4) is 5.75 Å². The molecular weight excluding hydrogens is 237 g/mol. The molecule has 0 aliphatic carbocycles. The fourth-order valence-electron chi connectivity index (χ4n) is 1.86. The van der Waals surface area contributed by atoms with E-state index in [0.29, 0.717) is 22.9 Å².